The van der Waals surface area contributed by atoms with Crippen molar-refractivity contribution in [3.8, 4) is 5.75 Å². The van der Waals surface area contributed by atoms with Gasteiger partial charge >= 0.3 is 0 Å². The van der Waals surface area contributed by atoms with Gasteiger partial charge in [-0.25, -0.2) is 4.98 Å². The Kier molecular flexibility index (Phi) is 4.78. The van der Waals surface area contributed by atoms with E-state index in [0.717, 1.165) is 46.6 Å². The fourth-order valence-corrected chi connectivity index (χ4v) is 4.96. The quantitative estimate of drug-likeness (QED) is 0.669. The molecule has 1 aromatic carbocycles. The lowest BCUT2D eigenvalue weighted by molar-refractivity contribution is 0.185. The third-order valence-corrected chi connectivity index (χ3v) is 6.15. The number of nitrogens with zero attached hydrogens (tertiary/aromatic N) is 2. The molecule has 0 bridgehead atoms. The molecule has 0 saturated carbocycles. The molecule has 0 atom stereocenters. The topological polar surface area (TPSA) is 53.4 Å². The summed E-state index contributed by atoms with van der Waals surface area (Å²) in [6.07, 6.45) is 3.75. The zero-order valence-corrected chi connectivity index (χ0v) is 15.9. The zero-order valence-electron chi connectivity index (χ0n) is 15.1. The predicted octanol–water partition coefficient (Wildman–Crippen LogP) is 3.19. The molecule has 6 heteroatoms. The van der Waals surface area contributed by atoms with Crippen molar-refractivity contribution in [1.82, 2.24) is 9.55 Å². The molecule has 2 aromatic heterocycles. The van der Waals surface area contributed by atoms with Crippen LogP contribution in [0.2, 0.25) is 0 Å². The van der Waals surface area contributed by atoms with Crippen LogP contribution in [0.1, 0.15) is 28.2 Å². The normalized spacial score (nSPS) is 13.3. The molecule has 5 nitrogen and oxygen atoms in total. The van der Waals surface area contributed by atoms with Crippen molar-refractivity contribution in [2.24, 2.45) is 0 Å². The van der Waals surface area contributed by atoms with Crippen LogP contribution in [0.4, 0.5) is 0 Å². The van der Waals surface area contributed by atoms with Gasteiger partial charge < -0.3 is 9.47 Å². The first-order chi connectivity index (χ1) is 12.7. The molecule has 0 unspecified atom stereocenters. The van der Waals surface area contributed by atoms with E-state index in [1.54, 1.807) is 30.1 Å². The molecule has 1 aliphatic carbocycles. The maximum Gasteiger partial charge on any atom is 0.262 e. The average molecular weight is 370 g/mol. The first-order valence-corrected chi connectivity index (χ1v) is 9.69. The molecule has 26 heavy (non-hydrogen) atoms. The van der Waals surface area contributed by atoms with Gasteiger partial charge in [0.25, 0.3) is 5.56 Å². The summed E-state index contributed by atoms with van der Waals surface area (Å²) in [6.45, 7) is 0.992. The summed E-state index contributed by atoms with van der Waals surface area (Å²) in [5.74, 6) is 1.58. The third-order valence-electron chi connectivity index (χ3n) is 4.96. The molecular weight excluding hydrogens is 348 g/mol. The lowest BCUT2D eigenvalue weighted by Gasteiger charge is -2.14. The van der Waals surface area contributed by atoms with Crippen LogP contribution in [0.15, 0.2) is 29.1 Å². The number of aromatic nitrogens is 2. The second-order valence-corrected chi connectivity index (χ2v) is 7.59. The van der Waals surface area contributed by atoms with Gasteiger partial charge in [0.1, 0.15) is 16.4 Å². The summed E-state index contributed by atoms with van der Waals surface area (Å²) in [5.41, 5.74) is 2.31. The van der Waals surface area contributed by atoms with E-state index < -0.39 is 0 Å². The molecule has 3 aromatic rings. The average Bonchev–Trinajstić information content (AvgIpc) is 3.22. The summed E-state index contributed by atoms with van der Waals surface area (Å²) >= 11 is 1.68. The summed E-state index contributed by atoms with van der Waals surface area (Å²) in [6, 6.07) is 7.88. The minimum absolute atomic E-state index is 0.0661. The Morgan fingerprint density at radius 2 is 2.08 bits per heavy atom. The Balaban J connectivity index is 1.86. The van der Waals surface area contributed by atoms with Gasteiger partial charge in [-0.2, -0.15) is 0 Å². The minimum atomic E-state index is 0.0661. The fourth-order valence-electron chi connectivity index (χ4n) is 3.69. The summed E-state index contributed by atoms with van der Waals surface area (Å²) in [5, 5.41) is 0.822. The standard InChI is InChI=1S/C20H22N2O3S/c1-24-11-10-22-17(12-13-6-3-4-8-15(13)25-2)21-19-18(20(22)23)14-7-5-9-16(14)26-19/h3-4,6,8H,5,7,9-12H2,1-2H3. The largest absolute Gasteiger partial charge is 0.496 e. The number of para-hydroxylation sites is 1. The van der Waals surface area contributed by atoms with Crippen LogP contribution in [0.3, 0.4) is 0 Å². The van der Waals surface area contributed by atoms with E-state index in [-0.39, 0.29) is 5.56 Å². The number of rotatable bonds is 6. The number of methoxy groups -OCH3 is 2. The van der Waals surface area contributed by atoms with E-state index in [2.05, 4.69) is 0 Å². The first kappa shape index (κ1) is 17.2. The van der Waals surface area contributed by atoms with Crippen molar-refractivity contribution in [2.75, 3.05) is 20.8 Å². The van der Waals surface area contributed by atoms with Gasteiger partial charge in [-0.15, -0.1) is 11.3 Å². The summed E-state index contributed by atoms with van der Waals surface area (Å²) in [7, 11) is 3.32. The maximum atomic E-state index is 13.3. The van der Waals surface area contributed by atoms with Crippen LogP contribution < -0.4 is 10.3 Å². The molecular formula is C20H22N2O3S. The van der Waals surface area contributed by atoms with Gasteiger partial charge in [-0.1, -0.05) is 18.2 Å². The number of thiophene rings is 1. The monoisotopic (exact) mass is 370 g/mol. The highest BCUT2D eigenvalue weighted by molar-refractivity contribution is 7.18. The molecule has 0 aliphatic heterocycles. The van der Waals surface area contributed by atoms with Crippen LogP contribution in [0.25, 0.3) is 10.2 Å². The second kappa shape index (κ2) is 7.21. The van der Waals surface area contributed by atoms with Gasteiger partial charge in [0.2, 0.25) is 0 Å². The fraction of sp³-hybridized carbons (Fsp3) is 0.400. The predicted molar refractivity (Wildman–Crippen MR) is 104 cm³/mol. The van der Waals surface area contributed by atoms with Gasteiger partial charge in [-0.05, 0) is 30.9 Å². The van der Waals surface area contributed by atoms with E-state index in [1.807, 2.05) is 24.3 Å². The van der Waals surface area contributed by atoms with E-state index in [9.17, 15) is 4.79 Å². The molecule has 0 spiro atoms. The number of fused-ring (bicyclic) bond motifs is 3. The van der Waals surface area contributed by atoms with Crippen molar-refractivity contribution >= 4 is 21.6 Å². The Bertz CT molecular complexity index is 1010. The minimum Gasteiger partial charge on any atom is -0.496 e. The van der Waals surface area contributed by atoms with Crippen LogP contribution in [0.5, 0.6) is 5.75 Å². The summed E-state index contributed by atoms with van der Waals surface area (Å²) < 4.78 is 12.5. The second-order valence-electron chi connectivity index (χ2n) is 6.50. The zero-order chi connectivity index (χ0) is 18.1. The van der Waals surface area contributed by atoms with Gasteiger partial charge in [0.05, 0.1) is 25.6 Å². The van der Waals surface area contributed by atoms with E-state index in [0.29, 0.717) is 19.6 Å². The number of ether oxygens (including phenoxy) is 2. The SMILES string of the molecule is COCCn1c(Cc2ccccc2OC)nc2sc3c(c2c1=O)CCC3. The molecule has 0 saturated heterocycles. The lowest BCUT2D eigenvalue weighted by Crippen LogP contribution is -2.27. The number of benzene rings is 1. The van der Waals surface area contributed by atoms with Crippen LogP contribution in [-0.2, 0) is 30.5 Å². The lowest BCUT2D eigenvalue weighted by atomic mass is 10.1. The maximum absolute atomic E-state index is 13.3. The van der Waals surface area contributed by atoms with Gasteiger partial charge in [-0.3, -0.25) is 9.36 Å². The van der Waals surface area contributed by atoms with Gasteiger partial charge in [0.15, 0.2) is 0 Å². The Labute approximate surface area is 156 Å². The smallest absolute Gasteiger partial charge is 0.262 e. The van der Waals surface area contributed by atoms with Crippen molar-refractivity contribution in [3.05, 3.63) is 56.4 Å². The molecule has 0 radical (unpaired) electrons. The van der Waals surface area contributed by atoms with E-state index >= 15 is 0 Å². The Hall–Kier alpha value is -2.18. The van der Waals surface area contributed by atoms with E-state index in [4.69, 9.17) is 14.5 Å². The Morgan fingerprint density at radius 3 is 2.88 bits per heavy atom. The third kappa shape index (κ3) is 2.93. The van der Waals surface area contributed by atoms with Gasteiger partial charge in [0, 0.05) is 24.0 Å². The summed E-state index contributed by atoms with van der Waals surface area (Å²) in [4.78, 5) is 20.4. The number of aryl methyl sites for hydroxylation is 2. The highest BCUT2D eigenvalue weighted by Gasteiger charge is 2.23. The molecule has 0 fully saturated rings. The van der Waals surface area contributed by atoms with Crippen molar-refractivity contribution in [3.63, 3.8) is 0 Å². The van der Waals surface area contributed by atoms with Crippen molar-refractivity contribution in [2.45, 2.75) is 32.2 Å². The molecule has 1 aliphatic rings. The highest BCUT2D eigenvalue weighted by atomic mass is 32.1. The molecule has 2 heterocycles. The first-order valence-electron chi connectivity index (χ1n) is 8.87. The van der Waals surface area contributed by atoms with E-state index in [1.165, 1.54) is 10.4 Å². The molecule has 0 N–H and O–H groups in total. The number of hydrogen-bond donors (Lipinski definition) is 0. The molecule has 0 amide bonds. The van der Waals surface area contributed by atoms with Crippen molar-refractivity contribution < 1.29 is 9.47 Å². The highest BCUT2D eigenvalue weighted by Crippen LogP contribution is 2.35. The number of hydrogen-bond acceptors (Lipinski definition) is 5. The molecule has 136 valence electrons. The van der Waals surface area contributed by atoms with Crippen LogP contribution >= 0.6 is 11.3 Å². The Morgan fingerprint density at radius 1 is 1.23 bits per heavy atom. The van der Waals surface area contributed by atoms with Crippen molar-refractivity contribution in [1.29, 1.82) is 0 Å². The van der Waals surface area contributed by atoms with Crippen LogP contribution in [0, 0.1) is 0 Å². The van der Waals surface area contributed by atoms with Crippen LogP contribution in [-0.4, -0.2) is 30.4 Å². The molecule has 4 rings (SSSR count).